The zero-order valence-corrected chi connectivity index (χ0v) is 15.8. The molecule has 7 heteroatoms. The van der Waals surface area contributed by atoms with Gasteiger partial charge < -0.3 is 10.1 Å². The van der Waals surface area contributed by atoms with Crippen LogP contribution in [0, 0.1) is 0 Å². The van der Waals surface area contributed by atoms with E-state index in [0.717, 1.165) is 11.8 Å². The van der Waals surface area contributed by atoms with Gasteiger partial charge in [0.25, 0.3) is 0 Å². The molecule has 26 heavy (non-hydrogen) atoms. The molecule has 0 saturated heterocycles. The van der Waals surface area contributed by atoms with Crippen molar-refractivity contribution in [1.29, 1.82) is 0 Å². The number of carbonyl (C=O) groups is 1. The molecule has 0 atom stereocenters. The van der Waals surface area contributed by atoms with Gasteiger partial charge in [0.15, 0.2) is 0 Å². The van der Waals surface area contributed by atoms with Gasteiger partial charge in [0, 0.05) is 19.5 Å². The van der Waals surface area contributed by atoms with Gasteiger partial charge in [0.05, 0.1) is 18.6 Å². The summed E-state index contributed by atoms with van der Waals surface area (Å²) in [5, 5.41) is 2.81. The molecule has 0 aromatic heterocycles. The molecule has 140 valence electrons. The number of sulfonamides is 1. The average molecular weight is 376 g/mol. The Bertz CT molecular complexity index is 822. The minimum absolute atomic E-state index is 0.0452. The van der Waals surface area contributed by atoms with Crippen molar-refractivity contribution in [3.05, 3.63) is 60.2 Å². The van der Waals surface area contributed by atoms with Gasteiger partial charge >= 0.3 is 0 Å². The van der Waals surface area contributed by atoms with Crippen LogP contribution in [0.5, 0.6) is 5.75 Å². The van der Waals surface area contributed by atoms with Crippen LogP contribution >= 0.6 is 0 Å². The van der Waals surface area contributed by atoms with E-state index in [1.165, 1.54) is 4.31 Å². The highest BCUT2D eigenvalue weighted by atomic mass is 32.2. The van der Waals surface area contributed by atoms with Crippen molar-refractivity contribution in [1.82, 2.24) is 5.32 Å². The fraction of sp³-hybridized carbons (Fsp3) is 0.316. The summed E-state index contributed by atoms with van der Waals surface area (Å²) in [6.07, 6.45) is 1.18. The number of hydrogen-bond acceptors (Lipinski definition) is 4. The third-order valence-corrected chi connectivity index (χ3v) is 4.89. The quantitative estimate of drug-likeness (QED) is 0.730. The highest BCUT2D eigenvalue weighted by Gasteiger charge is 2.21. The number of carbonyl (C=O) groups excluding carboxylic acids is 1. The lowest BCUT2D eigenvalue weighted by Crippen LogP contribution is -2.34. The normalized spacial score (nSPS) is 11.0. The van der Waals surface area contributed by atoms with Gasteiger partial charge in [-0.05, 0) is 24.6 Å². The van der Waals surface area contributed by atoms with Crippen LogP contribution in [0.25, 0.3) is 0 Å². The Labute approximate surface area is 154 Å². The summed E-state index contributed by atoms with van der Waals surface area (Å²) in [7, 11) is -3.55. The van der Waals surface area contributed by atoms with E-state index in [1.54, 1.807) is 24.3 Å². The van der Waals surface area contributed by atoms with Gasteiger partial charge in [-0.1, -0.05) is 42.5 Å². The number of ether oxygens (including phenoxy) is 1. The number of nitrogens with one attached hydrogen (secondary N) is 1. The van der Waals surface area contributed by atoms with Crippen LogP contribution in [0.1, 0.15) is 18.9 Å². The lowest BCUT2D eigenvalue weighted by molar-refractivity contribution is -0.121. The maximum Gasteiger partial charge on any atom is 0.232 e. The third kappa shape index (κ3) is 5.77. The van der Waals surface area contributed by atoms with E-state index in [2.05, 4.69) is 5.32 Å². The van der Waals surface area contributed by atoms with Crippen molar-refractivity contribution >= 4 is 21.6 Å². The molecule has 0 fully saturated rings. The standard InChI is InChI=1S/C19H24N2O4S/c1-3-25-18-12-8-7-11-17(18)21(26(2,23)24)14-13-19(22)20-15-16-9-5-4-6-10-16/h4-12H,3,13-15H2,1-2H3,(H,20,22). The Morgan fingerprint density at radius 1 is 1.08 bits per heavy atom. The summed E-state index contributed by atoms with van der Waals surface area (Å²) in [5.74, 6) is 0.265. The van der Waals surface area contributed by atoms with Crippen molar-refractivity contribution in [3.8, 4) is 5.75 Å². The molecule has 0 spiro atoms. The van der Waals surface area contributed by atoms with Gasteiger partial charge in [-0.15, -0.1) is 0 Å². The first kappa shape index (κ1) is 19.8. The number of nitrogens with zero attached hydrogens (tertiary/aromatic N) is 1. The number of amides is 1. The third-order valence-electron chi connectivity index (χ3n) is 3.71. The Morgan fingerprint density at radius 2 is 1.73 bits per heavy atom. The maximum absolute atomic E-state index is 12.2. The summed E-state index contributed by atoms with van der Waals surface area (Å²) >= 11 is 0. The van der Waals surface area contributed by atoms with E-state index in [9.17, 15) is 13.2 Å². The number of anilines is 1. The Balaban J connectivity index is 2.04. The SMILES string of the molecule is CCOc1ccccc1N(CCC(=O)NCc1ccccc1)S(C)(=O)=O. The first-order valence-corrected chi connectivity index (χ1v) is 10.3. The largest absolute Gasteiger partial charge is 0.492 e. The van der Waals surface area contributed by atoms with Gasteiger partial charge in [-0.3, -0.25) is 9.10 Å². The molecule has 0 heterocycles. The van der Waals surface area contributed by atoms with Crippen LogP contribution < -0.4 is 14.4 Å². The number of rotatable bonds is 9. The van der Waals surface area contributed by atoms with Gasteiger partial charge in [0.2, 0.25) is 15.9 Å². The lowest BCUT2D eigenvalue weighted by Gasteiger charge is -2.24. The van der Waals surface area contributed by atoms with Crippen molar-refractivity contribution in [3.63, 3.8) is 0 Å². The van der Waals surface area contributed by atoms with Gasteiger partial charge in [-0.2, -0.15) is 0 Å². The Kier molecular flexibility index (Phi) is 7.03. The molecule has 0 bridgehead atoms. The lowest BCUT2D eigenvalue weighted by atomic mass is 10.2. The van der Waals surface area contributed by atoms with Crippen LogP contribution in [0.2, 0.25) is 0 Å². The zero-order chi connectivity index (χ0) is 19.0. The van der Waals surface area contributed by atoms with E-state index in [-0.39, 0.29) is 18.9 Å². The van der Waals surface area contributed by atoms with Crippen LogP contribution in [0.3, 0.4) is 0 Å². The summed E-state index contributed by atoms with van der Waals surface area (Å²) in [4.78, 5) is 12.1. The molecule has 2 aromatic rings. The van der Waals surface area contributed by atoms with Crippen LogP contribution in [0.15, 0.2) is 54.6 Å². The van der Waals surface area contributed by atoms with Crippen molar-refractivity contribution < 1.29 is 17.9 Å². The zero-order valence-electron chi connectivity index (χ0n) is 15.0. The van der Waals surface area contributed by atoms with E-state index < -0.39 is 10.0 Å². The van der Waals surface area contributed by atoms with Crippen molar-refractivity contribution in [2.75, 3.05) is 23.7 Å². The Morgan fingerprint density at radius 3 is 2.38 bits per heavy atom. The second kappa shape index (κ2) is 9.24. The summed E-state index contributed by atoms with van der Waals surface area (Å²) in [5.41, 5.74) is 1.43. The minimum atomic E-state index is -3.55. The molecular weight excluding hydrogens is 352 g/mol. The fourth-order valence-electron chi connectivity index (χ4n) is 2.49. The molecule has 0 aliphatic carbocycles. The maximum atomic E-state index is 12.2. The monoisotopic (exact) mass is 376 g/mol. The molecule has 0 saturated carbocycles. The number of para-hydroxylation sites is 2. The first-order chi connectivity index (χ1) is 12.4. The van der Waals surface area contributed by atoms with E-state index in [1.807, 2.05) is 37.3 Å². The van der Waals surface area contributed by atoms with Crippen LogP contribution in [0.4, 0.5) is 5.69 Å². The molecular formula is C19H24N2O4S. The second-order valence-corrected chi connectivity index (χ2v) is 7.66. The number of hydrogen-bond donors (Lipinski definition) is 1. The van der Waals surface area contributed by atoms with Crippen LogP contribution in [-0.4, -0.2) is 33.7 Å². The van der Waals surface area contributed by atoms with Crippen molar-refractivity contribution in [2.45, 2.75) is 19.9 Å². The molecule has 1 N–H and O–H groups in total. The molecule has 0 aliphatic heterocycles. The van der Waals surface area contributed by atoms with Crippen LogP contribution in [-0.2, 0) is 21.4 Å². The van der Waals surface area contributed by atoms with Gasteiger partial charge in [0.1, 0.15) is 5.75 Å². The fourth-order valence-corrected chi connectivity index (χ4v) is 3.42. The predicted octanol–water partition coefficient (Wildman–Crippen LogP) is 2.56. The van der Waals surface area contributed by atoms with E-state index in [4.69, 9.17) is 4.74 Å². The minimum Gasteiger partial charge on any atom is -0.492 e. The smallest absolute Gasteiger partial charge is 0.232 e. The van der Waals surface area contributed by atoms with E-state index >= 15 is 0 Å². The molecule has 2 aromatic carbocycles. The molecule has 0 unspecified atom stereocenters. The second-order valence-electron chi connectivity index (χ2n) is 5.75. The predicted molar refractivity (Wildman–Crippen MR) is 103 cm³/mol. The topological polar surface area (TPSA) is 75.7 Å². The highest BCUT2D eigenvalue weighted by Crippen LogP contribution is 2.29. The number of benzene rings is 2. The molecule has 6 nitrogen and oxygen atoms in total. The summed E-state index contributed by atoms with van der Waals surface area (Å²) in [6.45, 7) is 2.71. The molecule has 0 radical (unpaired) electrons. The Hall–Kier alpha value is -2.54. The summed E-state index contributed by atoms with van der Waals surface area (Å²) < 4.78 is 31.2. The molecule has 2 rings (SSSR count). The van der Waals surface area contributed by atoms with Gasteiger partial charge in [-0.25, -0.2) is 8.42 Å². The average Bonchev–Trinajstić information content (AvgIpc) is 2.61. The molecule has 1 amide bonds. The van der Waals surface area contributed by atoms with Crippen molar-refractivity contribution in [2.24, 2.45) is 0 Å². The first-order valence-electron chi connectivity index (χ1n) is 8.42. The highest BCUT2D eigenvalue weighted by molar-refractivity contribution is 7.92. The summed E-state index contributed by atoms with van der Waals surface area (Å²) in [6, 6.07) is 16.5. The van der Waals surface area contributed by atoms with E-state index in [0.29, 0.717) is 24.6 Å². The molecule has 0 aliphatic rings.